The molecule has 8 heteroatoms. The monoisotopic (exact) mass is 462 g/mol. The summed E-state index contributed by atoms with van der Waals surface area (Å²) in [7, 11) is -3.69. The van der Waals surface area contributed by atoms with Gasteiger partial charge in [-0.3, -0.25) is 9.10 Å². The summed E-state index contributed by atoms with van der Waals surface area (Å²) in [5.74, 6) is 1.47. The molecule has 1 amide bonds. The van der Waals surface area contributed by atoms with Crippen LogP contribution in [-0.2, 0) is 14.8 Å². The Morgan fingerprint density at radius 3 is 2.45 bits per heavy atom. The van der Waals surface area contributed by atoms with Gasteiger partial charge in [-0.05, 0) is 37.1 Å². The SMILES string of the molecule is CS(=O)(=O)N(CC(=O)NCCSC1CCCCC1)c1ccccc1Oc1ccccc1. The van der Waals surface area contributed by atoms with Gasteiger partial charge in [0.1, 0.15) is 12.3 Å². The molecule has 0 aromatic heterocycles. The van der Waals surface area contributed by atoms with Crippen LogP contribution in [0, 0.1) is 0 Å². The van der Waals surface area contributed by atoms with Crippen molar-refractivity contribution in [3.8, 4) is 11.5 Å². The maximum Gasteiger partial charge on any atom is 0.240 e. The summed E-state index contributed by atoms with van der Waals surface area (Å²) in [6, 6.07) is 16.0. The zero-order chi connectivity index (χ0) is 22.1. The van der Waals surface area contributed by atoms with Crippen LogP contribution in [-0.4, -0.2) is 44.7 Å². The fourth-order valence-electron chi connectivity index (χ4n) is 3.58. The highest BCUT2D eigenvalue weighted by Gasteiger charge is 2.24. The Bertz CT molecular complexity index is 945. The first-order valence-corrected chi connectivity index (χ1v) is 13.5. The Morgan fingerprint density at radius 1 is 1.06 bits per heavy atom. The summed E-state index contributed by atoms with van der Waals surface area (Å²) in [6.07, 6.45) is 7.50. The maximum atomic E-state index is 12.5. The molecule has 1 aliphatic carbocycles. The van der Waals surface area contributed by atoms with E-state index in [0.29, 0.717) is 29.0 Å². The van der Waals surface area contributed by atoms with Gasteiger partial charge in [-0.25, -0.2) is 8.42 Å². The quantitative estimate of drug-likeness (QED) is 0.529. The molecule has 2 aromatic carbocycles. The molecule has 0 radical (unpaired) electrons. The van der Waals surface area contributed by atoms with Crippen LogP contribution in [0.25, 0.3) is 0 Å². The summed E-state index contributed by atoms with van der Waals surface area (Å²) in [6.45, 7) is 0.238. The predicted octanol–water partition coefficient (Wildman–Crippen LogP) is 4.43. The maximum absolute atomic E-state index is 12.5. The average Bonchev–Trinajstić information content (AvgIpc) is 2.76. The molecule has 3 rings (SSSR count). The van der Waals surface area contributed by atoms with Crippen LogP contribution in [0.5, 0.6) is 11.5 Å². The van der Waals surface area contributed by atoms with Crippen molar-refractivity contribution >= 4 is 33.4 Å². The van der Waals surface area contributed by atoms with Crippen molar-refractivity contribution in [2.24, 2.45) is 0 Å². The molecule has 0 aliphatic heterocycles. The molecule has 168 valence electrons. The molecule has 0 heterocycles. The van der Waals surface area contributed by atoms with Gasteiger partial charge in [0.2, 0.25) is 15.9 Å². The van der Waals surface area contributed by atoms with E-state index in [1.807, 2.05) is 30.0 Å². The van der Waals surface area contributed by atoms with E-state index < -0.39 is 10.0 Å². The normalized spacial score (nSPS) is 14.7. The third-order valence-electron chi connectivity index (χ3n) is 5.12. The molecule has 1 aliphatic rings. The number of anilines is 1. The van der Waals surface area contributed by atoms with Gasteiger partial charge >= 0.3 is 0 Å². The van der Waals surface area contributed by atoms with E-state index in [1.54, 1.807) is 36.4 Å². The van der Waals surface area contributed by atoms with Crippen molar-refractivity contribution in [2.75, 3.05) is 29.4 Å². The molecule has 0 unspecified atom stereocenters. The van der Waals surface area contributed by atoms with Crippen LogP contribution < -0.4 is 14.4 Å². The molecular weight excluding hydrogens is 432 g/mol. The van der Waals surface area contributed by atoms with E-state index in [0.717, 1.165) is 16.3 Å². The molecule has 1 fully saturated rings. The molecule has 1 N–H and O–H groups in total. The van der Waals surface area contributed by atoms with E-state index in [2.05, 4.69) is 5.32 Å². The smallest absolute Gasteiger partial charge is 0.240 e. The van der Waals surface area contributed by atoms with Crippen LogP contribution in [0.2, 0.25) is 0 Å². The van der Waals surface area contributed by atoms with Gasteiger partial charge in [-0.1, -0.05) is 49.6 Å². The highest BCUT2D eigenvalue weighted by molar-refractivity contribution is 7.99. The first kappa shape index (κ1) is 23.5. The van der Waals surface area contributed by atoms with E-state index >= 15 is 0 Å². The Labute approximate surface area is 189 Å². The lowest BCUT2D eigenvalue weighted by molar-refractivity contribution is -0.119. The molecular formula is C23H30N2O4S2. The van der Waals surface area contributed by atoms with Gasteiger partial charge in [0.05, 0.1) is 11.9 Å². The van der Waals surface area contributed by atoms with Gasteiger partial charge in [-0.15, -0.1) is 0 Å². The van der Waals surface area contributed by atoms with Crippen LogP contribution in [0.3, 0.4) is 0 Å². The van der Waals surface area contributed by atoms with Crippen molar-refractivity contribution in [3.63, 3.8) is 0 Å². The number of nitrogens with one attached hydrogen (secondary N) is 1. The molecule has 6 nitrogen and oxygen atoms in total. The minimum atomic E-state index is -3.69. The molecule has 0 saturated heterocycles. The molecule has 0 atom stereocenters. The largest absolute Gasteiger partial charge is 0.455 e. The number of nitrogens with zero attached hydrogens (tertiary/aromatic N) is 1. The lowest BCUT2D eigenvalue weighted by atomic mass is 10.0. The first-order chi connectivity index (χ1) is 14.9. The number of amides is 1. The van der Waals surface area contributed by atoms with E-state index in [9.17, 15) is 13.2 Å². The van der Waals surface area contributed by atoms with Crippen LogP contribution in [0.4, 0.5) is 5.69 Å². The number of hydrogen-bond acceptors (Lipinski definition) is 5. The van der Waals surface area contributed by atoms with Gasteiger partial charge in [-0.2, -0.15) is 11.8 Å². The van der Waals surface area contributed by atoms with Crippen molar-refractivity contribution < 1.29 is 17.9 Å². The number of ether oxygens (including phenoxy) is 1. The molecule has 0 bridgehead atoms. The van der Waals surface area contributed by atoms with Crippen molar-refractivity contribution in [2.45, 2.75) is 37.4 Å². The minimum Gasteiger partial charge on any atom is -0.455 e. The summed E-state index contributed by atoms with van der Waals surface area (Å²) in [5, 5.41) is 3.54. The zero-order valence-electron chi connectivity index (χ0n) is 17.8. The summed E-state index contributed by atoms with van der Waals surface area (Å²) in [4.78, 5) is 12.5. The Balaban J connectivity index is 1.62. The minimum absolute atomic E-state index is 0.290. The van der Waals surface area contributed by atoms with Crippen LogP contribution >= 0.6 is 11.8 Å². The fraction of sp³-hybridized carbons (Fsp3) is 0.435. The van der Waals surface area contributed by atoms with Crippen molar-refractivity contribution in [3.05, 3.63) is 54.6 Å². The first-order valence-electron chi connectivity index (χ1n) is 10.6. The Kier molecular flexibility index (Phi) is 8.66. The third-order valence-corrected chi connectivity index (χ3v) is 7.63. The van der Waals surface area contributed by atoms with E-state index in [4.69, 9.17) is 4.74 Å². The number of rotatable bonds is 10. The number of hydrogen-bond donors (Lipinski definition) is 1. The second-order valence-electron chi connectivity index (χ2n) is 7.63. The second kappa shape index (κ2) is 11.4. The van der Waals surface area contributed by atoms with E-state index in [1.165, 1.54) is 32.1 Å². The predicted molar refractivity (Wildman–Crippen MR) is 127 cm³/mol. The number of benzene rings is 2. The lowest BCUT2D eigenvalue weighted by Crippen LogP contribution is -2.41. The Morgan fingerprint density at radius 2 is 1.74 bits per heavy atom. The molecule has 1 saturated carbocycles. The highest BCUT2D eigenvalue weighted by atomic mass is 32.2. The summed E-state index contributed by atoms with van der Waals surface area (Å²) in [5.41, 5.74) is 0.334. The van der Waals surface area contributed by atoms with Crippen molar-refractivity contribution in [1.82, 2.24) is 5.32 Å². The van der Waals surface area contributed by atoms with Crippen molar-refractivity contribution in [1.29, 1.82) is 0 Å². The average molecular weight is 463 g/mol. The highest BCUT2D eigenvalue weighted by Crippen LogP contribution is 2.33. The number of carbonyl (C=O) groups is 1. The lowest BCUT2D eigenvalue weighted by Gasteiger charge is -2.24. The van der Waals surface area contributed by atoms with Gasteiger partial charge < -0.3 is 10.1 Å². The molecule has 31 heavy (non-hydrogen) atoms. The number of carbonyl (C=O) groups excluding carboxylic acids is 1. The van der Waals surface area contributed by atoms with Gasteiger partial charge in [0, 0.05) is 17.5 Å². The number of para-hydroxylation sites is 3. The van der Waals surface area contributed by atoms with E-state index in [-0.39, 0.29) is 12.5 Å². The van der Waals surface area contributed by atoms with Gasteiger partial charge in [0.25, 0.3) is 0 Å². The van der Waals surface area contributed by atoms with Crippen LogP contribution in [0.1, 0.15) is 32.1 Å². The summed E-state index contributed by atoms with van der Waals surface area (Å²) < 4.78 is 32.0. The summed E-state index contributed by atoms with van der Waals surface area (Å²) >= 11 is 1.90. The number of thioether (sulfide) groups is 1. The zero-order valence-corrected chi connectivity index (χ0v) is 19.5. The molecule has 0 spiro atoms. The third kappa shape index (κ3) is 7.47. The van der Waals surface area contributed by atoms with Crippen LogP contribution in [0.15, 0.2) is 54.6 Å². The topological polar surface area (TPSA) is 75.7 Å². The fourth-order valence-corrected chi connectivity index (χ4v) is 5.66. The molecule has 2 aromatic rings. The second-order valence-corrected chi connectivity index (χ2v) is 10.9. The Hall–Kier alpha value is -2.19. The standard InChI is InChI=1S/C23H30N2O4S2/c1-31(27,28)25(18-23(26)24-16-17-30-20-12-6-3-7-13-20)21-14-8-9-15-22(21)29-19-10-4-2-5-11-19/h2,4-5,8-11,14-15,20H,3,6-7,12-13,16-18H2,1H3,(H,24,26). The number of sulfonamides is 1. The van der Waals surface area contributed by atoms with Gasteiger partial charge in [0.15, 0.2) is 5.75 Å².